The van der Waals surface area contributed by atoms with Crippen LogP contribution >= 0.6 is 23.5 Å². The summed E-state index contributed by atoms with van der Waals surface area (Å²) in [4.78, 5) is 2.15. The lowest BCUT2D eigenvalue weighted by atomic mass is 10.0. The van der Waals surface area contributed by atoms with Crippen molar-refractivity contribution in [3.05, 3.63) is 65.7 Å². The summed E-state index contributed by atoms with van der Waals surface area (Å²) in [6, 6.07) is 20.0. The van der Waals surface area contributed by atoms with Crippen molar-refractivity contribution in [1.29, 1.82) is 0 Å². The first-order chi connectivity index (χ1) is 10.2. The van der Waals surface area contributed by atoms with Gasteiger partial charge in [0.05, 0.1) is 0 Å². The van der Waals surface area contributed by atoms with Crippen LogP contribution in [-0.4, -0.2) is 25.6 Å². The molecule has 0 amide bonds. The molecule has 1 aliphatic heterocycles. The Hall–Kier alpha value is -1.06. The third-order valence-electron chi connectivity index (χ3n) is 3.82. The van der Waals surface area contributed by atoms with Gasteiger partial charge >= 0.3 is 0 Å². The molecule has 0 radical (unpaired) electrons. The van der Waals surface area contributed by atoms with Crippen LogP contribution in [0.3, 0.4) is 0 Å². The molecule has 1 saturated heterocycles. The highest BCUT2D eigenvalue weighted by Crippen LogP contribution is 2.54. The van der Waals surface area contributed by atoms with Crippen molar-refractivity contribution in [2.24, 2.45) is 0 Å². The monoisotopic (exact) mass is 315 g/mol. The average molecular weight is 316 g/mol. The van der Waals surface area contributed by atoms with Gasteiger partial charge < -0.3 is 4.90 Å². The van der Waals surface area contributed by atoms with Gasteiger partial charge in [0.1, 0.15) is 4.08 Å². The summed E-state index contributed by atoms with van der Waals surface area (Å²) < 4.78 is 0.0599. The maximum atomic E-state index is 2.30. The topological polar surface area (TPSA) is 3.24 Å². The number of nitrogens with zero attached hydrogens (tertiary/aromatic N) is 1. The molecule has 3 rings (SSSR count). The lowest BCUT2D eigenvalue weighted by Crippen LogP contribution is -2.24. The van der Waals surface area contributed by atoms with E-state index in [2.05, 4.69) is 97.1 Å². The van der Waals surface area contributed by atoms with Gasteiger partial charge in [0.25, 0.3) is 0 Å². The molecular formula is C18H21NS2. The standard InChI is InChI=1S/C18H21NS2/c1-19(2)17-11-9-16(10-12-17)18(20-13-6-14-21-18)15-7-4-3-5-8-15/h3-5,7-12H,6,13-14H2,1-2H3. The predicted octanol–water partition coefficient (Wildman–Crippen LogP) is 4.82. The summed E-state index contributed by atoms with van der Waals surface area (Å²) in [7, 11) is 4.18. The lowest BCUT2D eigenvalue weighted by Gasteiger charge is -2.37. The molecule has 0 aliphatic carbocycles. The molecule has 0 bridgehead atoms. The second-order valence-electron chi connectivity index (χ2n) is 5.47. The molecule has 1 aliphatic rings. The fraction of sp³-hybridized carbons (Fsp3) is 0.333. The first-order valence-corrected chi connectivity index (χ1v) is 9.31. The highest BCUT2D eigenvalue weighted by atomic mass is 32.2. The van der Waals surface area contributed by atoms with Crippen molar-refractivity contribution in [3.63, 3.8) is 0 Å². The fourth-order valence-electron chi connectivity index (χ4n) is 2.67. The predicted molar refractivity (Wildman–Crippen MR) is 97.5 cm³/mol. The molecular weight excluding hydrogens is 294 g/mol. The molecule has 0 unspecified atom stereocenters. The second kappa shape index (κ2) is 6.37. The molecule has 0 saturated carbocycles. The van der Waals surface area contributed by atoms with E-state index in [-0.39, 0.29) is 4.08 Å². The van der Waals surface area contributed by atoms with Crippen LogP contribution in [0.4, 0.5) is 5.69 Å². The Morgan fingerprint density at radius 2 is 1.38 bits per heavy atom. The summed E-state index contributed by atoms with van der Waals surface area (Å²) >= 11 is 4.16. The molecule has 3 heteroatoms. The molecule has 1 fully saturated rings. The first kappa shape index (κ1) is 14.9. The lowest BCUT2D eigenvalue weighted by molar-refractivity contribution is 1.00. The molecule has 2 aromatic carbocycles. The largest absolute Gasteiger partial charge is 0.378 e. The minimum atomic E-state index is 0.0599. The number of anilines is 1. The van der Waals surface area contributed by atoms with Crippen molar-refractivity contribution >= 4 is 29.2 Å². The van der Waals surface area contributed by atoms with E-state index in [4.69, 9.17) is 0 Å². The van der Waals surface area contributed by atoms with Crippen LogP contribution < -0.4 is 4.90 Å². The van der Waals surface area contributed by atoms with Crippen LogP contribution in [0.25, 0.3) is 0 Å². The quantitative estimate of drug-likeness (QED) is 0.799. The van der Waals surface area contributed by atoms with Crippen molar-refractivity contribution in [1.82, 2.24) is 0 Å². The van der Waals surface area contributed by atoms with Crippen LogP contribution in [0.2, 0.25) is 0 Å². The van der Waals surface area contributed by atoms with Gasteiger partial charge in [0, 0.05) is 19.8 Å². The Labute approximate surface area is 136 Å². The van der Waals surface area contributed by atoms with E-state index in [0.717, 1.165) is 0 Å². The zero-order valence-corrected chi connectivity index (χ0v) is 14.2. The molecule has 0 atom stereocenters. The van der Waals surface area contributed by atoms with Gasteiger partial charge in [-0.3, -0.25) is 0 Å². The Morgan fingerprint density at radius 3 is 1.95 bits per heavy atom. The zero-order valence-electron chi connectivity index (χ0n) is 12.6. The molecule has 1 heterocycles. The minimum Gasteiger partial charge on any atom is -0.378 e. The number of rotatable bonds is 3. The van der Waals surface area contributed by atoms with Crippen molar-refractivity contribution < 1.29 is 0 Å². The van der Waals surface area contributed by atoms with Crippen molar-refractivity contribution in [3.8, 4) is 0 Å². The molecule has 0 aromatic heterocycles. The van der Waals surface area contributed by atoms with E-state index in [9.17, 15) is 0 Å². The van der Waals surface area contributed by atoms with Gasteiger partial charge in [0.2, 0.25) is 0 Å². The van der Waals surface area contributed by atoms with Crippen molar-refractivity contribution in [2.45, 2.75) is 10.5 Å². The minimum absolute atomic E-state index is 0.0599. The number of thioether (sulfide) groups is 2. The molecule has 0 spiro atoms. The van der Waals surface area contributed by atoms with Gasteiger partial charge in [-0.1, -0.05) is 42.5 Å². The summed E-state index contributed by atoms with van der Waals surface area (Å²) in [5.74, 6) is 2.47. The third-order valence-corrected chi connectivity index (χ3v) is 7.27. The highest BCUT2D eigenvalue weighted by molar-refractivity contribution is 8.18. The van der Waals surface area contributed by atoms with Crippen LogP contribution in [0, 0.1) is 0 Å². The van der Waals surface area contributed by atoms with Crippen molar-refractivity contribution in [2.75, 3.05) is 30.5 Å². The van der Waals surface area contributed by atoms with Gasteiger partial charge in [-0.05, 0) is 41.2 Å². The zero-order chi connectivity index (χ0) is 14.7. The van der Waals surface area contributed by atoms with E-state index in [1.165, 1.54) is 34.7 Å². The Bertz CT molecular complexity index is 572. The second-order valence-corrected chi connectivity index (χ2v) is 8.35. The third kappa shape index (κ3) is 2.95. The van der Waals surface area contributed by atoms with Crippen LogP contribution in [0.5, 0.6) is 0 Å². The van der Waals surface area contributed by atoms with E-state index in [1.54, 1.807) is 0 Å². The van der Waals surface area contributed by atoms with Crippen LogP contribution in [0.1, 0.15) is 17.5 Å². The number of benzene rings is 2. The molecule has 21 heavy (non-hydrogen) atoms. The summed E-state index contributed by atoms with van der Waals surface area (Å²) in [5.41, 5.74) is 4.08. The average Bonchev–Trinajstić information content (AvgIpc) is 2.56. The molecule has 2 aromatic rings. The fourth-order valence-corrected chi connectivity index (χ4v) is 6.05. The normalized spacial score (nSPS) is 17.4. The number of hydrogen-bond donors (Lipinski definition) is 0. The summed E-state index contributed by atoms with van der Waals surface area (Å²) in [5, 5.41) is 0. The Kier molecular flexibility index (Phi) is 4.51. The maximum absolute atomic E-state index is 2.30. The smallest absolute Gasteiger partial charge is 0.111 e. The van der Waals surface area contributed by atoms with Gasteiger partial charge in [-0.15, -0.1) is 23.5 Å². The highest BCUT2D eigenvalue weighted by Gasteiger charge is 2.37. The van der Waals surface area contributed by atoms with Gasteiger partial charge in [-0.25, -0.2) is 0 Å². The molecule has 110 valence electrons. The van der Waals surface area contributed by atoms with Gasteiger partial charge in [0.15, 0.2) is 0 Å². The first-order valence-electron chi connectivity index (χ1n) is 7.34. The van der Waals surface area contributed by atoms with Crippen LogP contribution in [0.15, 0.2) is 54.6 Å². The van der Waals surface area contributed by atoms with Crippen LogP contribution in [-0.2, 0) is 4.08 Å². The molecule has 1 nitrogen and oxygen atoms in total. The van der Waals surface area contributed by atoms with Gasteiger partial charge in [-0.2, -0.15) is 0 Å². The van der Waals surface area contributed by atoms with E-state index < -0.39 is 0 Å². The Balaban J connectivity index is 2.03. The molecule has 0 N–H and O–H groups in total. The van der Waals surface area contributed by atoms with E-state index in [1.807, 2.05) is 0 Å². The summed E-state index contributed by atoms with van der Waals surface area (Å²) in [6.45, 7) is 0. The summed E-state index contributed by atoms with van der Waals surface area (Å²) in [6.07, 6.45) is 1.31. The van der Waals surface area contributed by atoms with E-state index >= 15 is 0 Å². The van der Waals surface area contributed by atoms with E-state index in [0.29, 0.717) is 0 Å². The number of hydrogen-bond acceptors (Lipinski definition) is 3. The SMILES string of the molecule is CN(C)c1ccc(C2(c3ccccc3)SCCCS2)cc1. The maximum Gasteiger partial charge on any atom is 0.111 e. The Morgan fingerprint density at radius 1 is 0.810 bits per heavy atom.